The quantitative estimate of drug-likeness (QED) is 0.625. The molecule has 0 aliphatic heterocycles. The summed E-state index contributed by atoms with van der Waals surface area (Å²) in [5, 5.41) is 19.9. The molecule has 1 saturated carbocycles. The van der Waals surface area contributed by atoms with Crippen molar-refractivity contribution in [1.82, 2.24) is 0 Å². The van der Waals surface area contributed by atoms with Crippen molar-refractivity contribution in [2.45, 2.75) is 64.3 Å². The number of aliphatic hydroxyl groups is 1. The normalized spacial score (nSPS) is 23.0. The van der Waals surface area contributed by atoms with Crippen LogP contribution in [0.1, 0.15) is 72.8 Å². The standard InChI is InChI=1S/C23H33NO5S/c1-15-8-10-17(11-9-15)22(26)24(18(13-25)14-29-2)19-12-20(30-21(19)23(27)28)16-6-4-3-5-7-16/h6,12,15,17-18,25H,3-5,7-11,13-14H2,1-2H3,(H,27,28). The third-order valence-electron chi connectivity index (χ3n) is 6.31. The maximum absolute atomic E-state index is 13.6. The molecule has 2 aliphatic carbocycles. The molecule has 1 amide bonds. The number of carboxylic acid groups (broad SMARTS) is 1. The second kappa shape index (κ2) is 10.6. The van der Waals surface area contributed by atoms with E-state index < -0.39 is 12.0 Å². The summed E-state index contributed by atoms with van der Waals surface area (Å²) in [4.78, 5) is 28.3. The van der Waals surface area contributed by atoms with E-state index in [-0.39, 0.29) is 29.9 Å². The Balaban J connectivity index is 2.01. The van der Waals surface area contributed by atoms with Gasteiger partial charge < -0.3 is 19.8 Å². The Bertz CT molecular complexity index is 779. The van der Waals surface area contributed by atoms with Gasteiger partial charge in [-0.15, -0.1) is 11.3 Å². The van der Waals surface area contributed by atoms with Crippen LogP contribution >= 0.6 is 11.3 Å². The molecule has 0 saturated heterocycles. The van der Waals surface area contributed by atoms with Crippen LogP contribution in [0, 0.1) is 11.8 Å². The number of allylic oxidation sites excluding steroid dienone is 2. The van der Waals surface area contributed by atoms with Gasteiger partial charge in [-0.25, -0.2) is 4.79 Å². The topological polar surface area (TPSA) is 87.1 Å². The predicted octanol–water partition coefficient (Wildman–Crippen LogP) is 4.57. The number of hydrogen-bond acceptors (Lipinski definition) is 5. The van der Waals surface area contributed by atoms with Crippen molar-refractivity contribution in [2.75, 3.05) is 25.2 Å². The summed E-state index contributed by atoms with van der Waals surface area (Å²) in [6, 6.07) is 1.23. The van der Waals surface area contributed by atoms with Crippen molar-refractivity contribution in [3.8, 4) is 0 Å². The Morgan fingerprint density at radius 3 is 2.57 bits per heavy atom. The first-order chi connectivity index (χ1) is 14.5. The molecule has 1 heterocycles. The van der Waals surface area contributed by atoms with Gasteiger partial charge in [-0.2, -0.15) is 0 Å². The number of carboxylic acids is 1. The number of anilines is 1. The zero-order valence-corrected chi connectivity index (χ0v) is 18.7. The average molecular weight is 436 g/mol. The molecule has 166 valence electrons. The van der Waals surface area contributed by atoms with Crippen LogP contribution in [-0.4, -0.2) is 48.5 Å². The number of thiophene rings is 1. The molecule has 0 bridgehead atoms. The van der Waals surface area contributed by atoms with E-state index in [1.54, 1.807) is 0 Å². The summed E-state index contributed by atoms with van der Waals surface area (Å²) < 4.78 is 5.27. The van der Waals surface area contributed by atoms with Crippen LogP contribution in [-0.2, 0) is 9.53 Å². The lowest BCUT2D eigenvalue weighted by atomic mass is 9.82. The minimum Gasteiger partial charge on any atom is -0.477 e. The van der Waals surface area contributed by atoms with E-state index in [1.807, 2.05) is 6.07 Å². The van der Waals surface area contributed by atoms with E-state index in [1.165, 1.54) is 23.3 Å². The summed E-state index contributed by atoms with van der Waals surface area (Å²) in [6.45, 7) is 2.07. The van der Waals surface area contributed by atoms with Gasteiger partial charge in [0.05, 0.1) is 24.9 Å². The average Bonchev–Trinajstić information content (AvgIpc) is 3.19. The van der Waals surface area contributed by atoms with E-state index in [9.17, 15) is 19.8 Å². The van der Waals surface area contributed by atoms with E-state index in [0.717, 1.165) is 61.8 Å². The number of carbonyl (C=O) groups is 2. The van der Waals surface area contributed by atoms with Crippen LogP contribution in [0.3, 0.4) is 0 Å². The molecule has 1 aromatic rings. The Hall–Kier alpha value is -1.70. The van der Waals surface area contributed by atoms with Gasteiger partial charge in [-0.05, 0) is 68.9 Å². The lowest BCUT2D eigenvalue weighted by Crippen LogP contribution is -2.48. The van der Waals surface area contributed by atoms with E-state index in [4.69, 9.17) is 4.74 Å². The Morgan fingerprint density at radius 2 is 2.00 bits per heavy atom. The molecule has 0 spiro atoms. The number of aromatic carboxylic acids is 1. The number of rotatable bonds is 8. The fourth-order valence-electron chi connectivity index (χ4n) is 4.53. The number of amides is 1. The van der Waals surface area contributed by atoms with Gasteiger partial charge in [0.15, 0.2) is 0 Å². The van der Waals surface area contributed by atoms with Crippen LogP contribution in [0.15, 0.2) is 12.1 Å². The zero-order valence-electron chi connectivity index (χ0n) is 17.9. The summed E-state index contributed by atoms with van der Waals surface area (Å²) in [6.07, 6.45) is 9.92. The molecule has 3 rings (SSSR count). The fraction of sp³-hybridized carbons (Fsp3) is 0.652. The molecule has 1 atom stereocenters. The number of ether oxygens (including phenoxy) is 1. The van der Waals surface area contributed by atoms with Crippen molar-refractivity contribution in [3.63, 3.8) is 0 Å². The molecule has 2 N–H and O–H groups in total. The Kier molecular flexibility index (Phi) is 8.08. The molecule has 30 heavy (non-hydrogen) atoms. The fourth-order valence-corrected chi connectivity index (χ4v) is 5.59. The number of aliphatic hydroxyl groups excluding tert-OH is 1. The molecule has 1 aromatic heterocycles. The lowest BCUT2D eigenvalue weighted by molar-refractivity contribution is -0.124. The lowest BCUT2D eigenvalue weighted by Gasteiger charge is -2.35. The highest BCUT2D eigenvalue weighted by atomic mass is 32.1. The summed E-state index contributed by atoms with van der Waals surface area (Å²) in [7, 11) is 1.53. The van der Waals surface area contributed by atoms with Crippen molar-refractivity contribution in [1.29, 1.82) is 0 Å². The van der Waals surface area contributed by atoms with Crippen LogP contribution in [0.4, 0.5) is 5.69 Å². The first-order valence-electron chi connectivity index (χ1n) is 11.0. The van der Waals surface area contributed by atoms with Gasteiger partial charge in [0.1, 0.15) is 4.88 Å². The molecular weight excluding hydrogens is 402 g/mol. The summed E-state index contributed by atoms with van der Waals surface area (Å²) in [5.74, 6) is -0.675. The number of hydrogen-bond donors (Lipinski definition) is 2. The van der Waals surface area contributed by atoms with Crippen molar-refractivity contribution < 1.29 is 24.5 Å². The van der Waals surface area contributed by atoms with Gasteiger partial charge in [-0.3, -0.25) is 4.79 Å². The molecule has 0 aromatic carbocycles. The summed E-state index contributed by atoms with van der Waals surface area (Å²) >= 11 is 1.23. The van der Waals surface area contributed by atoms with E-state index in [2.05, 4.69) is 13.0 Å². The predicted molar refractivity (Wildman–Crippen MR) is 119 cm³/mol. The van der Waals surface area contributed by atoms with E-state index in [0.29, 0.717) is 11.6 Å². The Labute approximate surface area is 182 Å². The molecule has 1 unspecified atom stereocenters. The van der Waals surface area contributed by atoms with Gasteiger partial charge in [0.2, 0.25) is 5.91 Å². The molecule has 1 fully saturated rings. The maximum Gasteiger partial charge on any atom is 0.348 e. The van der Waals surface area contributed by atoms with Crippen LogP contribution < -0.4 is 4.90 Å². The van der Waals surface area contributed by atoms with Crippen molar-refractivity contribution in [3.05, 3.63) is 21.9 Å². The summed E-state index contributed by atoms with van der Waals surface area (Å²) in [5.41, 5.74) is 1.56. The second-order valence-corrected chi connectivity index (χ2v) is 9.61. The highest BCUT2D eigenvalue weighted by molar-refractivity contribution is 7.15. The van der Waals surface area contributed by atoms with Gasteiger partial charge >= 0.3 is 5.97 Å². The maximum atomic E-state index is 13.6. The number of nitrogens with zero attached hydrogens (tertiary/aromatic N) is 1. The zero-order chi connectivity index (χ0) is 21.7. The van der Waals surface area contributed by atoms with E-state index >= 15 is 0 Å². The first kappa shape index (κ1) is 23.0. The van der Waals surface area contributed by atoms with Crippen molar-refractivity contribution in [2.24, 2.45) is 11.8 Å². The highest BCUT2D eigenvalue weighted by Crippen LogP contribution is 2.40. The van der Waals surface area contributed by atoms with Crippen LogP contribution in [0.5, 0.6) is 0 Å². The third kappa shape index (κ3) is 5.13. The van der Waals surface area contributed by atoms with Gasteiger partial charge in [0, 0.05) is 17.9 Å². The number of carbonyl (C=O) groups excluding carboxylic acids is 1. The van der Waals surface area contributed by atoms with Crippen LogP contribution in [0.2, 0.25) is 0 Å². The Morgan fingerprint density at radius 1 is 1.27 bits per heavy atom. The largest absolute Gasteiger partial charge is 0.477 e. The smallest absolute Gasteiger partial charge is 0.348 e. The van der Waals surface area contributed by atoms with Gasteiger partial charge in [0.25, 0.3) is 0 Å². The molecule has 7 heteroatoms. The third-order valence-corrected chi connectivity index (χ3v) is 7.50. The first-order valence-corrected chi connectivity index (χ1v) is 11.8. The monoisotopic (exact) mass is 435 g/mol. The van der Waals surface area contributed by atoms with Crippen molar-refractivity contribution >= 4 is 34.5 Å². The second-order valence-electron chi connectivity index (χ2n) is 8.56. The van der Waals surface area contributed by atoms with Crippen LogP contribution in [0.25, 0.3) is 5.57 Å². The number of methoxy groups -OCH3 is 1. The SMILES string of the molecule is COCC(CO)N(C(=O)C1CCC(C)CC1)c1cc(C2=CCCCC2)sc1C(=O)O. The molecule has 0 radical (unpaired) electrons. The molecular formula is C23H33NO5S. The van der Waals surface area contributed by atoms with Gasteiger partial charge in [-0.1, -0.05) is 13.0 Å². The minimum absolute atomic E-state index is 0.0949. The molecule has 6 nitrogen and oxygen atoms in total. The molecule has 2 aliphatic rings. The minimum atomic E-state index is -1.04. The highest BCUT2D eigenvalue weighted by Gasteiger charge is 2.36.